The van der Waals surface area contributed by atoms with Crippen molar-refractivity contribution < 1.29 is 0 Å². The van der Waals surface area contributed by atoms with Crippen molar-refractivity contribution in [3.63, 3.8) is 0 Å². The Morgan fingerprint density at radius 2 is 1.86 bits per heavy atom. The van der Waals surface area contributed by atoms with Crippen LogP contribution in [0.5, 0.6) is 0 Å². The maximum atomic E-state index is 4.12. The molecule has 0 saturated heterocycles. The fraction of sp³-hybridized carbons (Fsp3) is 0.385. The summed E-state index contributed by atoms with van der Waals surface area (Å²) in [5.41, 5.74) is 4.04. The van der Waals surface area contributed by atoms with Crippen molar-refractivity contribution in [3.8, 4) is 0 Å². The molecule has 0 N–H and O–H groups in total. The highest BCUT2D eigenvalue weighted by atomic mass is 15.2. The smallest absolute Gasteiger partial charge is 0.0450 e. The Morgan fingerprint density at radius 1 is 1.21 bits per heavy atom. The number of para-hydroxylation sites is 1. The van der Waals surface area contributed by atoms with Crippen molar-refractivity contribution in [3.05, 3.63) is 36.4 Å². The molecule has 0 bridgehead atoms. The molecule has 1 aliphatic rings. The molecule has 0 aliphatic carbocycles. The summed E-state index contributed by atoms with van der Waals surface area (Å²) in [7, 11) is 0. The van der Waals surface area contributed by atoms with E-state index in [0.29, 0.717) is 0 Å². The molecule has 0 unspecified atom stereocenters. The first-order valence-corrected chi connectivity index (χ1v) is 5.05. The second-order valence-corrected chi connectivity index (χ2v) is 4.88. The minimum atomic E-state index is 0.176. The predicted octanol–water partition coefficient (Wildman–Crippen LogP) is 3.32. The van der Waals surface area contributed by atoms with E-state index in [0.717, 1.165) is 6.54 Å². The minimum absolute atomic E-state index is 0.176. The summed E-state index contributed by atoms with van der Waals surface area (Å²) in [6.45, 7) is 11.8. The van der Waals surface area contributed by atoms with Gasteiger partial charge in [-0.25, -0.2) is 0 Å². The topological polar surface area (TPSA) is 3.24 Å². The van der Waals surface area contributed by atoms with Crippen LogP contribution in [0.4, 0.5) is 5.69 Å². The number of hydrogen-bond donors (Lipinski definition) is 0. The number of nitrogens with zero attached hydrogens (tertiary/aromatic N) is 1. The highest BCUT2D eigenvalue weighted by molar-refractivity contribution is 5.84. The number of benzene rings is 1. The van der Waals surface area contributed by atoms with Gasteiger partial charge in [0.05, 0.1) is 0 Å². The maximum Gasteiger partial charge on any atom is 0.0450 e. The standard InChI is InChI=1S/C13H17N/c1-10-9-14(13(2,3)4)12-8-6-5-7-11(10)12/h5-8H,1,9H2,2-4H3. The van der Waals surface area contributed by atoms with Crippen molar-refractivity contribution >= 4 is 11.3 Å². The van der Waals surface area contributed by atoms with E-state index in [1.54, 1.807) is 0 Å². The molecular formula is C13H17N. The molecule has 74 valence electrons. The molecule has 2 rings (SSSR count). The summed E-state index contributed by atoms with van der Waals surface area (Å²) in [4.78, 5) is 2.41. The summed E-state index contributed by atoms with van der Waals surface area (Å²) in [5.74, 6) is 0. The first-order chi connectivity index (χ1) is 6.50. The zero-order chi connectivity index (χ0) is 10.3. The van der Waals surface area contributed by atoms with E-state index in [-0.39, 0.29) is 5.54 Å². The van der Waals surface area contributed by atoms with Crippen LogP contribution in [0.1, 0.15) is 26.3 Å². The van der Waals surface area contributed by atoms with Crippen molar-refractivity contribution in [2.24, 2.45) is 0 Å². The van der Waals surface area contributed by atoms with Gasteiger partial charge in [-0.3, -0.25) is 0 Å². The molecule has 0 spiro atoms. The van der Waals surface area contributed by atoms with E-state index < -0.39 is 0 Å². The predicted molar refractivity (Wildman–Crippen MR) is 62.6 cm³/mol. The quantitative estimate of drug-likeness (QED) is 0.602. The van der Waals surface area contributed by atoms with Crippen LogP contribution in [0.2, 0.25) is 0 Å². The molecule has 0 amide bonds. The van der Waals surface area contributed by atoms with Crippen LogP contribution in [0, 0.1) is 0 Å². The van der Waals surface area contributed by atoms with E-state index in [2.05, 4.69) is 56.5 Å². The van der Waals surface area contributed by atoms with Gasteiger partial charge in [-0.2, -0.15) is 0 Å². The van der Waals surface area contributed by atoms with E-state index in [1.807, 2.05) is 0 Å². The molecule has 1 aromatic rings. The molecule has 0 radical (unpaired) electrons. The fourth-order valence-corrected chi connectivity index (χ4v) is 1.97. The summed E-state index contributed by atoms with van der Waals surface area (Å²) in [6.07, 6.45) is 0. The largest absolute Gasteiger partial charge is 0.362 e. The van der Waals surface area contributed by atoms with E-state index in [1.165, 1.54) is 16.8 Å². The zero-order valence-electron chi connectivity index (χ0n) is 9.17. The minimum Gasteiger partial charge on any atom is -0.362 e. The third-order valence-electron chi connectivity index (χ3n) is 2.73. The highest BCUT2D eigenvalue weighted by Gasteiger charge is 2.29. The van der Waals surface area contributed by atoms with E-state index in [4.69, 9.17) is 0 Å². The lowest BCUT2D eigenvalue weighted by molar-refractivity contribution is 0.530. The zero-order valence-corrected chi connectivity index (χ0v) is 9.17. The van der Waals surface area contributed by atoms with Gasteiger partial charge in [0.1, 0.15) is 0 Å². The molecule has 14 heavy (non-hydrogen) atoms. The van der Waals surface area contributed by atoms with Crippen LogP contribution < -0.4 is 4.90 Å². The van der Waals surface area contributed by atoms with Gasteiger partial charge >= 0.3 is 0 Å². The molecule has 0 atom stereocenters. The number of fused-ring (bicyclic) bond motifs is 1. The summed E-state index contributed by atoms with van der Waals surface area (Å²) < 4.78 is 0. The van der Waals surface area contributed by atoms with Gasteiger partial charge in [-0.15, -0.1) is 0 Å². The average molecular weight is 187 g/mol. The molecule has 1 aliphatic heterocycles. The van der Waals surface area contributed by atoms with Crippen molar-refractivity contribution in [2.45, 2.75) is 26.3 Å². The van der Waals surface area contributed by atoms with Crippen LogP contribution in [0.3, 0.4) is 0 Å². The molecule has 0 aromatic heterocycles. The molecule has 0 fully saturated rings. The first kappa shape index (κ1) is 9.32. The monoisotopic (exact) mass is 187 g/mol. The van der Waals surface area contributed by atoms with Gasteiger partial charge in [0.2, 0.25) is 0 Å². The Bertz CT molecular complexity index is 371. The molecule has 1 heteroatoms. The molecule has 1 heterocycles. The summed E-state index contributed by atoms with van der Waals surface area (Å²) >= 11 is 0. The van der Waals surface area contributed by atoms with Crippen molar-refractivity contribution in [1.82, 2.24) is 0 Å². The van der Waals surface area contributed by atoms with Gasteiger partial charge in [-0.05, 0) is 32.4 Å². The van der Waals surface area contributed by atoms with Gasteiger partial charge < -0.3 is 4.90 Å². The molecule has 1 aromatic carbocycles. The van der Waals surface area contributed by atoms with E-state index >= 15 is 0 Å². The summed E-state index contributed by atoms with van der Waals surface area (Å²) in [6, 6.07) is 8.51. The number of hydrogen-bond acceptors (Lipinski definition) is 1. The second-order valence-electron chi connectivity index (χ2n) is 4.88. The third kappa shape index (κ3) is 1.33. The maximum absolute atomic E-state index is 4.12. The molecule has 0 saturated carbocycles. The Balaban J connectivity index is 2.50. The lowest BCUT2D eigenvalue weighted by Crippen LogP contribution is -2.39. The van der Waals surface area contributed by atoms with Gasteiger partial charge in [0.25, 0.3) is 0 Å². The van der Waals surface area contributed by atoms with Crippen LogP contribution in [-0.4, -0.2) is 12.1 Å². The Kier molecular flexibility index (Phi) is 1.91. The molecule has 1 nitrogen and oxygen atoms in total. The normalized spacial score (nSPS) is 15.9. The second kappa shape index (κ2) is 2.88. The van der Waals surface area contributed by atoms with Crippen LogP contribution in [0.15, 0.2) is 30.8 Å². The number of rotatable bonds is 0. The third-order valence-corrected chi connectivity index (χ3v) is 2.73. The lowest BCUT2D eigenvalue weighted by Gasteiger charge is -2.34. The van der Waals surface area contributed by atoms with Gasteiger partial charge in [0.15, 0.2) is 0 Å². The van der Waals surface area contributed by atoms with Crippen LogP contribution >= 0.6 is 0 Å². The number of anilines is 1. The Morgan fingerprint density at radius 3 is 2.50 bits per heavy atom. The highest BCUT2D eigenvalue weighted by Crippen LogP contribution is 2.38. The Labute approximate surface area is 86.1 Å². The summed E-state index contributed by atoms with van der Waals surface area (Å²) in [5, 5.41) is 0. The van der Waals surface area contributed by atoms with Crippen LogP contribution in [0.25, 0.3) is 5.57 Å². The van der Waals surface area contributed by atoms with Crippen molar-refractivity contribution in [1.29, 1.82) is 0 Å². The lowest BCUT2D eigenvalue weighted by atomic mass is 10.1. The van der Waals surface area contributed by atoms with E-state index in [9.17, 15) is 0 Å². The Hall–Kier alpha value is -1.24. The SMILES string of the molecule is C=C1CN(C(C)(C)C)c2ccccc21. The first-order valence-electron chi connectivity index (χ1n) is 5.05. The average Bonchev–Trinajstić information content (AvgIpc) is 2.44. The molecular weight excluding hydrogens is 170 g/mol. The van der Waals surface area contributed by atoms with Gasteiger partial charge in [0, 0.05) is 23.3 Å². The van der Waals surface area contributed by atoms with Crippen molar-refractivity contribution in [2.75, 3.05) is 11.4 Å². The van der Waals surface area contributed by atoms with Crippen LogP contribution in [-0.2, 0) is 0 Å². The van der Waals surface area contributed by atoms with Gasteiger partial charge in [-0.1, -0.05) is 24.8 Å². The fourth-order valence-electron chi connectivity index (χ4n) is 1.97.